The van der Waals surface area contributed by atoms with E-state index in [0.717, 1.165) is 34.2 Å². The van der Waals surface area contributed by atoms with Crippen LogP contribution < -0.4 is 16.0 Å². The van der Waals surface area contributed by atoms with E-state index in [2.05, 4.69) is 42.3 Å². The summed E-state index contributed by atoms with van der Waals surface area (Å²) >= 11 is 4.50. The molecule has 0 heterocycles. The predicted octanol–water partition coefficient (Wildman–Crippen LogP) is 6.76. The molecule has 0 saturated carbocycles. The normalized spacial score (nSPS) is 12.0. The first-order valence-corrected chi connectivity index (χ1v) is 15.1. The van der Waals surface area contributed by atoms with E-state index in [1.165, 1.54) is 23.5 Å². The molecule has 0 rings (SSSR count). The first kappa shape index (κ1) is 35.2. The molecule has 3 amide bonds. The van der Waals surface area contributed by atoms with Gasteiger partial charge in [-0.2, -0.15) is 11.8 Å². The fourth-order valence-electron chi connectivity index (χ4n) is 2.74. The minimum Gasteiger partial charge on any atom is -0.444 e. The maximum atomic E-state index is 12.7. The fourth-order valence-corrected chi connectivity index (χ4v) is 5.40. The number of hydrogen-bond acceptors (Lipinski definition) is 7. The highest BCUT2D eigenvalue weighted by molar-refractivity contribution is 8.07. The quantitative estimate of drug-likeness (QED) is 0.166. The minimum absolute atomic E-state index is 0.0255. The molecule has 0 spiro atoms. The Balaban J connectivity index is 4.29. The smallest absolute Gasteiger partial charge is 0.408 e. The molecule has 10 heteroatoms. The summed E-state index contributed by atoms with van der Waals surface area (Å²) < 4.78 is 5.26. The van der Waals surface area contributed by atoms with E-state index in [0.29, 0.717) is 22.4 Å². The van der Waals surface area contributed by atoms with Crippen LogP contribution in [-0.2, 0) is 14.3 Å². The van der Waals surface area contributed by atoms with Gasteiger partial charge in [0.15, 0.2) is 0 Å². The summed E-state index contributed by atoms with van der Waals surface area (Å²) in [7, 11) is 0. The topological polar surface area (TPSA) is 96.5 Å². The first-order valence-electron chi connectivity index (χ1n) is 12.3. The minimum atomic E-state index is -0.749. The number of amides is 3. The van der Waals surface area contributed by atoms with E-state index < -0.39 is 17.7 Å². The van der Waals surface area contributed by atoms with E-state index in [9.17, 15) is 14.4 Å². The zero-order valence-electron chi connectivity index (χ0n) is 23.5. The summed E-state index contributed by atoms with van der Waals surface area (Å²) in [6.07, 6.45) is 1.40. The molecule has 0 fully saturated rings. The summed E-state index contributed by atoms with van der Waals surface area (Å²) in [5.41, 5.74) is -0.650. The van der Waals surface area contributed by atoms with Crippen LogP contribution in [0, 0.1) is 11.8 Å². The molecule has 0 aliphatic rings. The Labute approximate surface area is 236 Å². The van der Waals surface area contributed by atoms with Gasteiger partial charge in [0.2, 0.25) is 11.8 Å². The van der Waals surface area contributed by atoms with Gasteiger partial charge in [-0.05, 0) is 66.8 Å². The molecule has 0 aromatic carbocycles. The maximum absolute atomic E-state index is 12.7. The Morgan fingerprint density at radius 2 is 1.32 bits per heavy atom. The third kappa shape index (κ3) is 19.0. The largest absolute Gasteiger partial charge is 0.444 e. The molecule has 1 atom stereocenters. The number of ether oxygens (including phenoxy) is 1. The third-order valence-corrected chi connectivity index (χ3v) is 7.01. The highest BCUT2D eigenvalue weighted by atomic mass is 32.2. The Kier molecular flexibility index (Phi) is 16.8. The maximum Gasteiger partial charge on any atom is 0.408 e. The lowest BCUT2D eigenvalue weighted by atomic mass is 10.0. The molecule has 3 N–H and O–H groups in total. The number of allylic oxidation sites excluding steroid dienone is 2. The third-order valence-electron chi connectivity index (χ3n) is 4.34. The van der Waals surface area contributed by atoms with Crippen molar-refractivity contribution in [2.24, 2.45) is 11.8 Å². The van der Waals surface area contributed by atoms with E-state index >= 15 is 0 Å². The van der Waals surface area contributed by atoms with Crippen LogP contribution in [0.25, 0.3) is 0 Å². The van der Waals surface area contributed by atoms with Gasteiger partial charge in [0.1, 0.15) is 11.6 Å². The van der Waals surface area contributed by atoms with Gasteiger partial charge in [0.05, 0.1) is 10.1 Å². The number of rotatable bonds is 17. The molecule has 1 unspecified atom stereocenters. The van der Waals surface area contributed by atoms with Crippen molar-refractivity contribution < 1.29 is 19.1 Å². The van der Waals surface area contributed by atoms with Gasteiger partial charge in [0, 0.05) is 6.42 Å². The second-order valence-corrected chi connectivity index (χ2v) is 14.0. The summed E-state index contributed by atoms with van der Waals surface area (Å²) in [6, 6.07) is -0.749. The molecule has 7 nitrogen and oxygen atoms in total. The van der Waals surface area contributed by atoms with Crippen molar-refractivity contribution >= 4 is 53.2 Å². The average Bonchev–Trinajstić information content (AvgIpc) is 2.68. The van der Waals surface area contributed by atoms with Crippen molar-refractivity contribution in [2.75, 3.05) is 11.5 Å². The Morgan fingerprint density at radius 3 is 1.76 bits per heavy atom. The number of nitrogens with one attached hydrogen (secondary N) is 3. The highest BCUT2D eigenvalue weighted by Crippen LogP contribution is 2.27. The molecule has 0 radical (unpaired) electrons. The number of hydrogen-bond donors (Lipinski definition) is 3. The number of alkyl carbamates (subject to hydrolysis) is 1. The lowest BCUT2D eigenvalue weighted by Crippen LogP contribution is -2.50. The molecule has 0 bridgehead atoms. The Morgan fingerprint density at radius 1 is 0.838 bits per heavy atom. The van der Waals surface area contributed by atoms with Crippen LogP contribution in [0.2, 0.25) is 0 Å². The molecule has 0 aromatic rings. The summed E-state index contributed by atoms with van der Waals surface area (Å²) in [5.74, 6) is 1.55. The Bertz CT molecular complexity index is 848. The summed E-state index contributed by atoms with van der Waals surface area (Å²) in [6.45, 7) is 28.9. The molecule has 0 aliphatic heterocycles. The van der Waals surface area contributed by atoms with E-state index in [1.54, 1.807) is 32.5 Å². The van der Waals surface area contributed by atoms with Crippen LogP contribution in [0.3, 0.4) is 0 Å². The van der Waals surface area contributed by atoms with Gasteiger partial charge >= 0.3 is 6.09 Å². The number of thioether (sulfide) groups is 3. The van der Waals surface area contributed by atoms with E-state index in [4.69, 9.17) is 4.74 Å². The van der Waals surface area contributed by atoms with Crippen LogP contribution >= 0.6 is 35.3 Å². The zero-order valence-corrected chi connectivity index (χ0v) is 25.9. The van der Waals surface area contributed by atoms with Gasteiger partial charge in [-0.25, -0.2) is 4.79 Å². The van der Waals surface area contributed by atoms with Crippen LogP contribution in [0.1, 0.15) is 67.7 Å². The molecular formula is C27H45N3O4S3. The predicted molar refractivity (Wildman–Crippen MR) is 162 cm³/mol. The fraction of sp³-hybridized carbons (Fsp3) is 0.593. The monoisotopic (exact) mass is 571 g/mol. The average molecular weight is 572 g/mol. The molecule has 0 aliphatic carbocycles. The van der Waals surface area contributed by atoms with Crippen LogP contribution in [0.15, 0.2) is 46.2 Å². The second kappa shape index (κ2) is 17.7. The lowest BCUT2D eigenvalue weighted by Gasteiger charge is -2.25. The van der Waals surface area contributed by atoms with E-state index in [-0.39, 0.29) is 17.7 Å². The van der Waals surface area contributed by atoms with Gasteiger partial charge in [0.25, 0.3) is 0 Å². The standard InChI is InChI=1S/C27H45N3O4S3/c1-17(2)16-23(31)28-21(7)36-19(5)12-14-35-15-13-20(6)37-22(8)29-25(32)24(18(3)4)30-26(33)34-27(9,10)11/h17-18,24H,5-8,12-16H2,1-4,9-11H3,(H,28,31)(H,29,32)(H,30,33). The van der Waals surface area contributed by atoms with Gasteiger partial charge in [-0.3, -0.25) is 9.59 Å². The molecule has 210 valence electrons. The van der Waals surface area contributed by atoms with Crippen LogP contribution in [0.5, 0.6) is 0 Å². The SMILES string of the molecule is C=C(CCSCCC(=C)SC(=C)NC(=O)C(NC(=O)OC(C)(C)C)C(C)C)SC(=C)NC(=O)CC(C)C. The van der Waals surface area contributed by atoms with Crippen molar-refractivity contribution in [2.45, 2.75) is 79.4 Å². The van der Waals surface area contributed by atoms with Crippen molar-refractivity contribution in [3.8, 4) is 0 Å². The van der Waals surface area contributed by atoms with Gasteiger partial charge in [-0.15, -0.1) is 0 Å². The summed E-state index contributed by atoms with van der Waals surface area (Å²) in [5, 5.41) is 9.26. The number of carbonyl (C=O) groups excluding carboxylic acids is 3. The first-order chi connectivity index (χ1) is 17.0. The van der Waals surface area contributed by atoms with Crippen LogP contribution in [-0.4, -0.2) is 41.1 Å². The lowest BCUT2D eigenvalue weighted by molar-refractivity contribution is -0.123. The Hall–Kier alpha value is -1.78. The summed E-state index contributed by atoms with van der Waals surface area (Å²) in [4.78, 5) is 38.4. The van der Waals surface area contributed by atoms with Crippen molar-refractivity contribution in [3.63, 3.8) is 0 Å². The van der Waals surface area contributed by atoms with Gasteiger partial charge in [-0.1, -0.05) is 77.5 Å². The van der Waals surface area contributed by atoms with E-state index in [1.807, 2.05) is 27.7 Å². The van der Waals surface area contributed by atoms with Gasteiger partial charge < -0.3 is 20.7 Å². The van der Waals surface area contributed by atoms with Crippen molar-refractivity contribution in [1.82, 2.24) is 16.0 Å². The zero-order chi connectivity index (χ0) is 28.8. The van der Waals surface area contributed by atoms with Crippen LogP contribution in [0.4, 0.5) is 4.79 Å². The molecule has 0 aromatic heterocycles. The molecule has 0 saturated heterocycles. The van der Waals surface area contributed by atoms with Crippen molar-refractivity contribution in [1.29, 1.82) is 0 Å². The number of carbonyl (C=O) groups is 3. The van der Waals surface area contributed by atoms with Crippen molar-refractivity contribution in [3.05, 3.63) is 46.2 Å². The molecular weight excluding hydrogens is 527 g/mol. The second-order valence-electron chi connectivity index (χ2n) is 10.2. The molecule has 37 heavy (non-hydrogen) atoms. The highest BCUT2D eigenvalue weighted by Gasteiger charge is 2.27.